The molecule has 0 aliphatic heterocycles. The van der Waals surface area contributed by atoms with Crippen molar-refractivity contribution in [2.24, 2.45) is 0 Å². The summed E-state index contributed by atoms with van der Waals surface area (Å²) in [6.45, 7) is 2.36. The van der Waals surface area contributed by atoms with Gasteiger partial charge in [0.15, 0.2) is 5.11 Å². The molecule has 0 aliphatic carbocycles. The molecule has 1 aromatic carbocycles. The van der Waals surface area contributed by atoms with Gasteiger partial charge in [0.05, 0.1) is 7.11 Å². The molecule has 106 valence electrons. The van der Waals surface area contributed by atoms with Gasteiger partial charge in [0.2, 0.25) is 0 Å². The van der Waals surface area contributed by atoms with Gasteiger partial charge in [0, 0.05) is 26.8 Å². The summed E-state index contributed by atoms with van der Waals surface area (Å²) in [6, 6.07) is 8.02. The van der Waals surface area contributed by atoms with E-state index in [0.29, 0.717) is 5.11 Å². The highest BCUT2D eigenvalue weighted by molar-refractivity contribution is 7.80. The zero-order chi connectivity index (χ0) is 13.9. The third-order valence-corrected chi connectivity index (χ3v) is 2.97. The summed E-state index contributed by atoms with van der Waals surface area (Å²) in [6.07, 6.45) is 1.83. The number of hydrogen-bond acceptors (Lipinski definition) is 3. The van der Waals surface area contributed by atoms with Crippen LogP contribution in [0.1, 0.15) is 12.0 Å². The Kier molecular flexibility index (Phi) is 7.93. The van der Waals surface area contributed by atoms with E-state index >= 15 is 0 Å². The van der Waals surface area contributed by atoms with Crippen LogP contribution in [0, 0.1) is 0 Å². The molecule has 0 saturated heterocycles. The number of rotatable bonds is 8. The van der Waals surface area contributed by atoms with Crippen molar-refractivity contribution < 1.29 is 9.47 Å². The van der Waals surface area contributed by atoms with Crippen molar-refractivity contribution in [3.63, 3.8) is 0 Å². The van der Waals surface area contributed by atoms with Gasteiger partial charge in [-0.3, -0.25) is 0 Å². The molecule has 0 amide bonds. The summed E-state index contributed by atoms with van der Waals surface area (Å²) in [7, 11) is 3.39. The molecule has 0 saturated carbocycles. The first-order chi connectivity index (χ1) is 9.27. The standard InChI is InChI=1S/C14H22N2O2S/c1-17-11-5-9-15-14(19)16-10-8-12-6-3-4-7-13(12)18-2/h3-4,6-7H,5,8-11H2,1-2H3,(H2,15,16,19). The number of para-hydroxylation sites is 1. The minimum atomic E-state index is 0.686. The number of benzene rings is 1. The number of ether oxygens (including phenoxy) is 2. The minimum absolute atomic E-state index is 0.686. The highest BCUT2D eigenvalue weighted by Gasteiger charge is 2.01. The van der Waals surface area contributed by atoms with Crippen molar-refractivity contribution in [1.29, 1.82) is 0 Å². The van der Waals surface area contributed by atoms with Gasteiger partial charge >= 0.3 is 0 Å². The van der Waals surface area contributed by atoms with Crippen LogP contribution < -0.4 is 15.4 Å². The van der Waals surface area contributed by atoms with Crippen LogP contribution in [0.2, 0.25) is 0 Å². The number of methoxy groups -OCH3 is 2. The lowest BCUT2D eigenvalue weighted by molar-refractivity contribution is 0.195. The van der Waals surface area contributed by atoms with Crippen molar-refractivity contribution >= 4 is 17.3 Å². The summed E-state index contributed by atoms with van der Waals surface area (Å²) < 4.78 is 10.3. The Bertz CT molecular complexity index is 385. The van der Waals surface area contributed by atoms with E-state index in [1.54, 1.807) is 14.2 Å². The first-order valence-corrected chi connectivity index (χ1v) is 6.81. The average molecular weight is 282 g/mol. The van der Waals surface area contributed by atoms with Crippen molar-refractivity contribution in [2.75, 3.05) is 33.9 Å². The molecule has 0 fully saturated rings. The van der Waals surface area contributed by atoms with E-state index in [-0.39, 0.29) is 0 Å². The molecule has 5 heteroatoms. The molecule has 0 radical (unpaired) electrons. The highest BCUT2D eigenvalue weighted by Crippen LogP contribution is 2.17. The molecule has 0 spiro atoms. The number of nitrogens with one attached hydrogen (secondary N) is 2. The summed E-state index contributed by atoms with van der Waals surface area (Å²) in [5, 5.41) is 7.01. The molecule has 0 bridgehead atoms. The second kappa shape index (κ2) is 9.58. The second-order valence-corrected chi connectivity index (χ2v) is 4.50. The van der Waals surface area contributed by atoms with Crippen molar-refractivity contribution in [3.05, 3.63) is 29.8 Å². The summed E-state index contributed by atoms with van der Waals surface area (Å²) >= 11 is 5.19. The zero-order valence-electron chi connectivity index (χ0n) is 11.6. The topological polar surface area (TPSA) is 42.5 Å². The van der Waals surface area contributed by atoms with Crippen LogP contribution in [0.5, 0.6) is 5.75 Å². The Balaban J connectivity index is 2.20. The lowest BCUT2D eigenvalue weighted by Gasteiger charge is -2.11. The van der Waals surface area contributed by atoms with Gasteiger partial charge in [-0.2, -0.15) is 0 Å². The van der Waals surface area contributed by atoms with Crippen molar-refractivity contribution in [2.45, 2.75) is 12.8 Å². The molecule has 1 aromatic rings. The summed E-state index contributed by atoms with van der Waals surface area (Å²) in [5.74, 6) is 0.920. The Morgan fingerprint density at radius 3 is 2.63 bits per heavy atom. The molecule has 19 heavy (non-hydrogen) atoms. The monoisotopic (exact) mass is 282 g/mol. The maximum Gasteiger partial charge on any atom is 0.166 e. The Morgan fingerprint density at radius 2 is 1.89 bits per heavy atom. The maximum atomic E-state index is 5.30. The van der Waals surface area contributed by atoms with Gasteiger partial charge < -0.3 is 20.1 Å². The lowest BCUT2D eigenvalue weighted by atomic mass is 10.1. The van der Waals surface area contributed by atoms with Gasteiger partial charge in [-0.05, 0) is 36.7 Å². The third-order valence-electron chi connectivity index (χ3n) is 2.68. The van der Waals surface area contributed by atoms with Gasteiger partial charge in [-0.15, -0.1) is 0 Å². The second-order valence-electron chi connectivity index (χ2n) is 4.09. The number of hydrogen-bond donors (Lipinski definition) is 2. The lowest BCUT2D eigenvalue weighted by Crippen LogP contribution is -2.37. The predicted molar refractivity (Wildman–Crippen MR) is 81.8 cm³/mol. The van der Waals surface area contributed by atoms with Crippen molar-refractivity contribution in [3.8, 4) is 5.75 Å². The fourth-order valence-electron chi connectivity index (χ4n) is 1.70. The van der Waals surface area contributed by atoms with Crippen LogP contribution in [0.4, 0.5) is 0 Å². The quantitative estimate of drug-likeness (QED) is 0.561. The van der Waals surface area contributed by atoms with E-state index in [9.17, 15) is 0 Å². The number of thiocarbonyl (C=S) groups is 1. The van der Waals surface area contributed by atoms with Gasteiger partial charge in [0.25, 0.3) is 0 Å². The van der Waals surface area contributed by atoms with Crippen LogP contribution in [-0.2, 0) is 11.2 Å². The SMILES string of the molecule is COCCCNC(=S)NCCc1ccccc1OC. The molecule has 0 atom stereocenters. The fourth-order valence-corrected chi connectivity index (χ4v) is 1.91. The molecule has 0 unspecified atom stereocenters. The normalized spacial score (nSPS) is 10.0. The summed E-state index contributed by atoms with van der Waals surface area (Å²) in [5.41, 5.74) is 1.18. The molecule has 2 N–H and O–H groups in total. The maximum absolute atomic E-state index is 5.30. The first kappa shape index (κ1) is 15.7. The van der Waals surface area contributed by atoms with Gasteiger partial charge in [0.1, 0.15) is 5.75 Å². The summed E-state index contributed by atoms with van der Waals surface area (Å²) in [4.78, 5) is 0. The van der Waals surface area contributed by atoms with Crippen LogP contribution in [0.3, 0.4) is 0 Å². The Hall–Kier alpha value is -1.33. The molecule has 0 heterocycles. The Labute approximate surface area is 120 Å². The molecular formula is C14H22N2O2S. The largest absolute Gasteiger partial charge is 0.496 e. The van der Waals surface area contributed by atoms with Crippen molar-refractivity contribution in [1.82, 2.24) is 10.6 Å². The minimum Gasteiger partial charge on any atom is -0.496 e. The molecule has 0 aliphatic rings. The van der Waals surface area contributed by atoms with E-state index in [0.717, 1.165) is 38.3 Å². The van der Waals surface area contributed by atoms with Gasteiger partial charge in [-0.1, -0.05) is 18.2 Å². The average Bonchev–Trinajstić information content (AvgIpc) is 2.44. The van der Waals surface area contributed by atoms with Crippen LogP contribution in [0.25, 0.3) is 0 Å². The van der Waals surface area contributed by atoms with E-state index in [1.807, 2.05) is 18.2 Å². The smallest absolute Gasteiger partial charge is 0.166 e. The molecular weight excluding hydrogens is 260 g/mol. The van der Waals surface area contributed by atoms with Crippen LogP contribution in [-0.4, -0.2) is 39.0 Å². The predicted octanol–water partition coefficient (Wildman–Crippen LogP) is 1.74. The van der Waals surface area contributed by atoms with Gasteiger partial charge in [-0.25, -0.2) is 0 Å². The third kappa shape index (κ3) is 6.40. The van der Waals surface area contributed by atoms with E-state index in [1.165, 1.54) is 5.56 Å². The fraction of sp³-hybridized carbons (Fsp3) is 0.500. The van der Waals surface area contributed by atoms with E-state index < -0.39 is 0 Å². The molecule has 0 aromatic heterocycles. The van der Waals surface area contributed by atoms with E-state index in [2.05, 4.69) is 16.7 Å². The zero-order valence-corrected chi connectivity index (χ0v) is 12.4. The van der Waals surface area contributed by atoms with Crippen LogP contribution in [0.15, 0.2) is 24.3 Å². The molecule has 1 rings (SSSR count). The van der Waals surface area contributed by atoms with E-state index in [4.69, 9.17) is 21.7 Å². The Morgan fingerprint density at radius 1 is 1.16 bits per heavy atom. The van der Waals surface area contributed by atoms with Crippen LogP contribution >= 0.6 is 12.2 Å². The molecule has 4 nitrogen and oxygen atoms in total. The highest BCUT2D eigenvalue weighted by atomic mass is 32.1. The first-order valence-electron chi connectivity index (χ1n) is 6.40.